The summed E-state index contributed by atoms with van der Waals surface area (Å²) in [4.78, 5) is 0. The lowest BCUT2D eigenvalue weighted by Crippen LogP contribution is -2.44. The van der Waals surface area contributed by atoms with Gasteiger partial charge in [0, 0.05) is 12.3 Å². The smallest absolute Gasteiger partial charge is 0.119 e. The maximum absolute atomic E-state index is 6.65. The second-order valence-electron chi connectivity index (χ2n) is 10.2. The molecule has 34 heavy (non-hydrogen) atoms. The maximum atomic E-state index is 6.65. The van der Waals surface area contributed by atoms with Crippen LogP contribution in [0.4, 0.5) is 0 Å². The van der Waals surface area contributed by atoms with Crippen molar-refractivity contribution in [1.82, 2.24) is 0 Å². The van der Waals surface area contributed by atoms with Gasteiger partial charge in [0.2, 0.25) is 0 Å². The van der Waals surface area contributed by atoms with Crippen LogP contribution < -0.4 is 9.47 Å². The number of benzene rings is 2. The van der Waals surface area contributed by atoms with E-state index >= 15 is 0 Å². The standard InChI is InChI=1S/C29H44O5/c1-23(2)31-21-24(3)29(6,7)34-27(22-32-26-16-12-9-13-17-26)20-28(4,5)33-19-18-30-25-14-10-8-11-15-25/h8-17,23-24,27H,18-22H2,1-7H3. The van der Waals surface area contributed by atoms with E-state index in [0.717, 1.165) is 11.5 Å². The molecule has 0 heterocycles. The molecule has 0 radical (unpaired) electrons. The van der Waals surface area contributed by atoms with E-state index in [2.05, 4.69) is 48.5 Å². The van der Waals surface area contributed by atoms with Crippen molar-refractivity contribution in [2.45, 2.75) is 78.3 Å². The van der Waals surface area contributed by atoms with Crippen LogP contribution in [0.3, 0.4) is 0 Å². The molecule has 5 nitrogen and oxygen atoms in total. The molecular formula is C29H44O5. The predicted octanol–water partition coefficient (Wildman–Crippen LogP) is 6.55. The van der Waals surface area contributed by atoms with Crippen LogP contribution in [0.1, 0.15) is 54.9 Å². The highest BCUT2D eigenvalue weighted by Crippen LogP contribution is 2.28. The summed E-state index contributed by atoms with van der Waals surface area (Å²) < 4.78 is 30.6. The molecule has 0 aliphatic carbocycles. The molecule has 0 aliphatic heterocycles. The zero-order valence-electron chi connectivity index (χ0n) is 22.1. The maximum Gasteiger partial charge on any atom is 0.119 e. The summed E-state index contributed by atoms with van der Waals surface area (Å²) in [6, 6.07) is 19.6. The first kappa shape index (κ1) is 28.2. The van der Waals surface area contributed by atoms with Gasteiger partial charge in [0.05, 0.1) is 36.6 Å². The Labute approximate surface area is 206 Å². The average Bonchev–Trinajstić information content (AvgIpc) is 2.79. The van der Waals surface area contributed by atoms with Crippen LogP contribution in [0, 0.1) is 5.92 Å². The summed E-state index contributed by atoms with van der Waals surface area (Å²) in [5.74, 6) is 1.90. The summed E-state index contributed by atoms with van der Waals surface area (Å²) in [6.45, 7) is 16.8. The number of hydrogen-bond donors (Lipinski definition) is 0. The van der Waals surface area contributed by atoms with Gasteiger partial charge in [-0.2, -0.15) is 0 Å². The van der Waals surface area contributed by atoms with Crippen molar-refractivity contribution < 1.29 is 23.7 Å². The lowest BCUT2D eigenvalue weighted by Gasteiger charge is -2.38. The lowest BCUT2D eigenvalue weighted by molar-refractivity contribution is -0.153. The van der Waals surface area contributed by atoms with Gasteiger partial charge in [-0.3, -0.25) is 0 Å². The number of para-hydroxylation sites is 2. The Morgan fingerprint density at radius 1 is 0.706 bits per heavy atom. The SMILES string of the molecule is CC(C)OCC(C)C(C)(C)OC(COc1ccccc1)CC(C)(C)OCCOc1ccccc1. The highest BCUT2D eigenvalue weighted by atomic mass is 16.6. The summed E-state index contributed by atoms with van der Waals surface area (Å²) in [7, 11) is 0. The van der Waals surface area contributed by atoms with Gasteiger partial charge in [-0.15, -0.1) is 0 Å². The van der Waals surface area contributed by atoms with Gasteiger partial charge < -0.3 is 23.7 Å². The molecule has 2 aromatic rings. The zero-order valence-corrected chi connectivity index (χ0v) is 22.1. The van der Waals surface area contributed by atoms with Crippen molar-refractivity contribution in [3.8, 4) is 11.5 Å². The highest BCUT2D eigenvalue weighted by molar-refractivity contribution is 5.21. The molecular weight excluding hydrogens is 428 g/mol. The molecule has 0 aliphatic rings. The van der Waals surface area contributed by atoms with Crippen molar-refractivity contribution >= 4 is 0 Å². The van der Waals surface area contributed by atoms with E-state index in [0.29, 0.717) is 32.8 Å². The molecule has 0 bridgehead atoms. The number of hydrogen-bond acceptors (Lipinski definition) is 5. The topological polar surface area (TPSA) is 46.2 Å². The van der Waals surface area contributed by atoms with Crippen LogP contribution in [-0.4, -0.2) is 49.8 Å². The Bertz CT molecular complexity index is 789. The molecule has 0 fully saturated rings. The molecule has 0 saturated carbocycles. The third kappa shape index (κ3) is 10.9. The molecule has 2 rings (SSSR count). The fourth-order valence-electron chi connectivity index (χ4n) is 3.53. The lowest BCUT2D eigenvalue weighted by atomic mass is 9.92. The van der Waals surface area contributed by atoms with Gasteiger partial charge in [-0.05, 0) is 65.8 Å². The summed E-state index contributed by atoms with van der Waals surface area (Å²) in [5, 5.41) is 0. The molecule has 0 saturated heterocycles. The largest absolute Gasteiger partial charge is 0.491 e. The summed E-state index contributed by atoms with van der Waals surface area (Å²) >= 11 is 0. The van der Waals surface area contributed by atoms with Crippen molar-refractivity contribution in [2.24, 2.45) is 5.92 Å². The van der Waals surface area contributed by atoms with E-state index in [1.165, 1.54) is 0 Å². The molecule has 0 amide bonds. The van der Waals surface area contributed by atoms with Crippen LogP contribution in [0.5, 0.6) is 11.5 Å². The van der Waals surface area contributed by atoms with Gasteiger partial charge in [0.1, 0.15) is 24.7 Å². The van der Waals surface area contributed by atoms with E-state index < -0.39 is 5.60 Å². The Kier molecular flexibility index (Phi) is 11.4. The van der Waals surface area contributed by atoms with Crippen molar-refractivity contribution in [1.29, 1.82) is 0 Å². The first-order valence-corrected chi connectivity index (χ1v) is 12.4. The average molecular weight is 473 g/mol. The van der Waals surface area contributed by atoms with Crippen molar-refractivity contribution in [3.63, 3.8) is 0 Å². The minimum absolute atomic E-state index is 0.151. The fourth-order valence-corrected chi connectivity index (χ4v) is 3.53. The van der Waals surface area contributed by atoms with Gasteiger partial charge in [-0.1, -0.05) is 43.3 Å². The van der Waals surface area contributed by atoms with E-state index in [4.69, 9.17) is 23.7 Å². The number of rotatable bonds is 16. The van der Waals surface area contributed by atoms with E-state index in [9.17, 15) is 0 Å². The Morgan fingerprint density at radius 3 is 1.82 bits per heavy atom. The molecule has 5 heteroatoms. The van der Waals surface area contributed by atoms with Crippen LogP contribution in [0.15, 0.2) is 60.7 Å². The van der Waals surface area contributed by atoms with Crippen molar-refractivity contribution in [2.75, 3.05) is 26.4 Å². The van der Waals surface area contributed by atoms with Crippen LogP contribution in [0.25, 0.3) is 0 Å². The van der Waals surface area contributed by atoms with Crippen LogP contribution >= 0.6 is 0 Å². The Hall–Kier alpha value is -2.08. The molecule has 2 unspecified atom stereocenters. The second-order valence-corrected chi connectivity index (χ2v) is 10.2. The first-order valence-electron chi connectivity index (χ1n) is 12.4. The van der Waals surface area contributed by atoms with Gasteiger partial charge in [0.15, 0.2) is 0 Å². The van der Waals surface area contributed by atoms with Crippen molar-refractivity contribution in [3.05, 3.63) is 60.7 Å². The Balaban J connectivity index is 1.96. The fraction of sp³-hybridized carbons (Fsp3) is 0.586. The second kappa shape index (κ2) is 13.7. The highest BCUT2D eigenvalue weighted by Gasteiger charge is 2.34. The summed E-state index contributed by atoms with van der Waals surface area (Å²) in [5.41, 5.74) is -0.787. The van der Waals surface area contributed by atoms with Crippen LogP contribution in [0.2, 0.25) is 0 Å². The van der Waals surface area contributed by atoms with E-state index in [1.807, 2.05) is 60.7 Å². The predicted molar refractivity (Wildman–Crippen MR) is 138 cm³/mol. The molecule has 2 atom stereocenters. The molecule has 2 aromatic carbocycles. The minimum atomic E-state index is -0.404. The van der Waals surface area contributed by atoms with E-state index in [-0.39, 0.29) is 23.7 Å². The third-order valence-corrected chi connectivity index (χ3v) is 5.82. The zero-order chi connectivity index (χ0) is 25.0. The third-order valence-electron chi connectivity index (χ3n) is 5.82. The molecule has 0 spiro atoms. The number of ether oxygens (including phenoxy) is 5. The molecule has 190 valence electrons. The summed E-state index contributed by atoms with van der Waals surface area (Å²) in [6.07, 6.45) is 0.731. The molecule has 0 aromatic heterocycles. The van der Waals surface area contributed by atoms with Gasteiger partial charge in [-0.25, -0.2) is 0 Å². The monoisotopic (exact) mass is 472 g/mol. The normalized spacial score (nSPS) is 14.1. The molecule has 0 N–H and O–H groups in total. The minimum Gasteiger partial charge on any atom is -0.491 e. The quantitative estimate of drug-likeness (QED) is 0.259. The van der Waals surface area contributed by atoms with Gasteiger partial charge >= 0.3 is 0 Å². The van der Waals surface area contributed by atoms with Gasteiger partial charge in [0.25, 0.3) is 0 Å². The Morgan fingerprint density at radius 2 is 1.26 bits per heavy atom. The van der Waals surface area contributed by atoms with E-state index in [1.54, 1.807) is 0 Å². The van der Waals surface area contributed by atoms with Crippen LogP contribution in [-0.2, 0) is 14.2 Å². The first-order chi connectivity index (χ1) is 16.1.